The molecule has 0 bridgehead atoms. The number of allylic oxidation sites excluding steroid dienone is 12. The van der Waals surface area contributed by atoms with E-state index in [4.69, 9.17) is 18.5 Å². The smallest absolute Gasteiger partial charge is 0.462 e. The van der Waals surface area contributed by atoms with Crippen LogP contribution in [0.3, 0.4) is 0 Å². The lowest BCUT2D eigenvalue weighted by Gasteiger charge is -2.24. The van der Waals surface area contributed by atoms with Crippen LogP contribution in [0.2, 0.25) is 0 Å². The van der Waals surface area contributed by atoms with E-state index < -0.39 is 26.5 Å². The molecule has 0 heterocycles. The standard InChI is InChI=1S/C68H124NO8P/c1-6-8-10-12-14-16-18-20-22-24-26-27-28-29-30-31-32-33-34-35-36-37-38-39-40-41-43-44-46-48-50-52-54-56-58-60-67(70)74-64-66(65-76-78(72,73)75-63-62-69(3,4)5)77-68(71)61-59-57-55-53-51-49-47-45-42-25-23-21-19-17-15-13-11-9-7-2/h9,11,15,17,21,23-24,26,42,45,49,51,66H,6-8,10,12-14,16,18-20,22,25,27-41,43-44,46-48,50,52-65H2,1-5H3/p+1/b11-9-,17-15-,23-21-,26-24-,45-42-,51-49-. The molecule has 0 radical (unpaired) electrons. The number of phosphoric acid groups is 1. The first-order valence-corrected chi connectivity index (χ1v) is 34.2. The average molecular weight is 1120 g/mol. The third kappa shape index (κ3) is 62.6. The quantitative estimate of drug-likeness (QED) is 0.0211. The van der Waals surface area contributed by atoms with Crippen molar-refractivity contribution in [2.45, 2.75) is 302 Å². The van der Waals surface area contributed by atoms with Crippen LogP contribution >= 0.6 is 7.82 Å². The molecule has 0 aromatic rings. The van der Waals surface area contributed by atoms with E-state index in [2.05, 4.69) is 86.8 Å². The fourth-order valence-corrected chi connectivity index (χ4v) is 9.96. The first-order chi connectivity index (χ1) is 38.0. The van der Waals surface area contributed by atoms with Crippen molar-refractivity contribution < 1.29 is 42.1 Å². The number of quaternary nitrogens is 1. The highest BCUT2D eigenvalue weighted by molar-refractivity contribution is 7.47. The highest BCUT2D eigenvalue weighted by Crippen LogP contribution is 2.43. The summed E-state index contributed by atoms with van der Waals surface area (Å²) >= 11 is 0. The van der Waals surface area contributed by atoms with E-state index in [1.807, 2.05) is 21.1 Å². The van der Waals surface area contributed by atoms with Gasteiger partial charge in [-0.05, 0) is 83.5 Å². The molecule has 2 atom stereocenters. The topological polar surface area (TPSA) is 108 Å². The highest BCUT2D eigenvalue weighted by atomic mass is 31.2. The van der Waals surface area contributed by atoms with Gasteiger partial charge in [0.2, 0.25) is 0 Å². The first kappa shape index (κ1) is 75.5. The summed E-state index contributed by atoms with van der Waals surface area (Å²) in [6.07, 6.45) is 78.7. The summed E-state index contributed by atoms with van der Waals surface area (Å²) in [7, 11) is 1.46. The minimum Gasteiger partial charge on any atom is -0.462 e. The number of hydrogen-bond acceptors (Lipinski definition) is 7. The molecule has 0 aromatic heterocycles. The zero-order valence-electron chi connectivity index (χ0n) is 51.6. The summed E-state index contributed by atoms with van der Waals surface area (Å²) in [5.41, 5.74) is 0. The van der Waals surface area contributed by atoms with Gasteiger partial charge in [-0.1, -0.05) is 273 Å². The van der Waals surface area contributed by atoms with E-state index >= 15 is 0 Å². The molecule has 10 heteroatoms. The number of hydrogen-bond donors (Lipinski definition) is 1. The molecular weight excluding hydrogens is 990 g/mol. The maximum Gasteiger partial charge on any atom is 0.472 e. The van der Waals surface area contributed by atoms with Crippen LogP contribution < -0.4 is 0 Å². The number of nitrogens with zero attached hydrogens (tertiary/aromatic N) is 1. The number of likely N-dealkylation sites (N-methyl/N-ethyl adjacent to an activating group) is 1. The first-order valence-electron chi connectivity index (χ1n) is 32.7. The number of carbonyl (C=O) groups is 2. The zero-order chi connectivity index (χ0) is 57.0. The van der Waals surface area contributed by atoms with Crippen LogP contribution in [0.25, 0.3) is 0 Å². The monoisotopic (exact) mass is 1110 g/mol. The van der Waals surface area contributed by atoms with E-state index in [0.29, 0.717) is 17.4 Å². The predicted octanol–water partition coefficient (Wildman–Crippen LogP) is 20.8. The number of carbonyl (C=O) groups excluding carboxylic acids is 2. The molecule has 0 saturated carbocycles. The number of rotatable bonds is 60. The lowest BCUT2D eigenvalue weighted by Crippen LogP contribution is -2.37. The highest BCUT2D eigenvalue weighted by Gasteiger charge is 2.27. The van der Waals surface area contributed by atoms with Gasteiger partial charge in [0.1, 0.15) is 19.8 Å². The van der Waals surface area contributed by atoms with Gasteiger partial charge in [-0.2, -0.15) is 0 Å². The summed E-state index contributed by atoms with van der Waals surface area (Å²) in [5.74, 6) is -0.828. The van der Waals surface area contributed by atoms with Gasteiger partial charge in [0, 0.05) is 12.8 Å². The van der Waals surface area contributed by atoms with Crippen molar-refractivity contribution >= 4 is 19.8 Å². The molecule has 0 aliphatic rings. The summed E-state index contributed by atoms with van der Waals surface area (Å²) in [4.78, 5) is 35.7. The van der Waals surface area contributed by atoms with Gasteiger partial charge >= 0.3 is 19.8 Å². The molecule has 0 saturated heterocycles. The fraction of sp³-hybridized carbons (Fsp3) is 0.794. The largest absolute Gasteiger partial charge is 0.472 e. The molecule has 0 amide bonds. The van der Waals surface area contributed by atoms with Crippen molar-refractivity contribution in [1.29, 1.82) is 0 Å². The molecule has 1 N–H and O–H groups in total. The Morgan fingerprint density at radius 1 is 0.410 bits per heavy atom. The molecule has 0 aliphatic heterocycles. The average Bonchev–Trinajstić information content (AvgIpc) is 3.41. The van der Waals surface area contributed by atoms with Gasteiger partial charge in [0.25, 0.3) is 0 Å². The summed E-state index contributed by atoms with van der Waals surface area (Å²) in [6, 6.07) is 0. The third-order valence-corrected chi connectivity index (χ3v) is 15.2. The predicted molar refractivity (Wildman–Crippen MR) is 335 cm³/mol. The molecule has 2 unspecified atom stereocenters. The fourth-order valence-electron chi connectivity index (χ4n) is 9.22. The van der Waals surface area contributed by atoms with E-state index in [-0.39, 0.29) is 32.0 Å². The molecule has 454 valence electrons. The molecule has 78 heavy (non-hydrogen) atoms. The number of esters is 2. The van der Waals surface area contributed by atoms with Gasteiger partial charge in [0.15, 0.2) is 6.10 Å². The van der Waals surface area contributed by atoms with E-state index in [1.54, 1.807) is 0 Å². The van der Waals surface area contributed by atoms with Crippen LogP contribution in [0.15, 0.2) is 72.9 Å². The van der Waals surface area contributed by atoms with E-state index in [9.17, 15) is 19.0 Å². The number of unbranched alkanes of at least 4 members (excludes halogenated alkanes) is 34. The van der Waals surface area contributed by atoms with Crippen LogP contribution in [0.5, 0.6) is 0 Å². The third-order valence-electron chi connectivity index (χ3n) is 14.2. The molecule has 0 spiro atoms. The minimum atomic E-state index is -4.40. The van der Waals surface area contributed by atoms with Crippen molar-refractivity contribution in [1.82, 2.24) is 0 Å². The lowest BCUT2D eigenvalue weighted by atomic mass is 10.0. The molecule has 9 nitrogen and oxygen atoms in total. The van der Waals surface area contributed by atoms with Crippen LogP contribution in [0, 0.1) is 0 Å². The molecular formula is C68H125NO8P+. The second-order valence-corrected chi connectivity index (χ2v) is 24.6. The van der Waals surface area contributed by atoms with Crippen LogP contribution in [0.4, 0.5) is 0 Å². The zero-order valence-corrected chi connectivity index (χ0v) is 52.5. The summed E-state index contributed by atoms with van der Waals surface area (Å²) in [5, 5.41) is 0. The Kier molecular flexibility index (Phi) is 57.2. The van der Waals surface area contributed by atoms with Crippen molar-refractivity contribution in [3.8, 4) is 0 Å². The molecule has 0 aliphatic carbocycles. The van der Waals surface area contributed by atoms with Gasteiger partial charge < -0.3 is 18.9 Å². The van der Waals surface area contributed by atoms with Gasteiger partial charge in [0.05, 0.1) is 27.7 Å². The number of phosphoric ester groups is 1. The Bertz CT molecular complexity index is 1550. The molecule has 0 rings (SSSR count). The lowest BCUT2D eigenvalue weighted by molar-refractivity contribution is -0.870. The normalized spacial score (nSPS) is 13.7. The van der Waals surface area contributed by atoms with Gasteiger partial charge in [-0.3, -0.25) is 18.6 Å². The maximum absolute atomic E-state index is 12.8. The summed E-state index contributed by atoms with van der Waals surface area (Å²) in [6.45, 7) is 4.31. The Labute approximate surface area is 482 Å². The molecule has 0 aromatic carbocycles. The van der Waals surface area contributed by atoms with Crippen molar-refractivity contribution in [2.75, 3.05) is 47.5 Å². The minimum absolute atomic E-state index is 0.0231. The van der Waals surface area contributed by atoms with E-state index in [0.717, 1.165) is 70.6 Å². The van der Waals surface area contributed by atoms with Crippen LogP contribution in [0.1, 0.15) is 296 Å². The Morgan fingerprint density at radius 3 is 1.12 bits per heavy atom. The maximum atomic E-state index is 12.8. The van der Waals surface area contributed by atoms with E-state index in [1.165, 1.54) is 193 Å². The Hall–Kier alpha value is -2.55. The SMILES string of the molecule is CC/C=C\C/C=C\C/C=C\C/C=C\C/C=C\CCCCCC(=O)OC(COC(=O)CCCCCCCCCCCCCCCCCCCCCCCCC/C=C\CCCCCCCCCC)COP(=O)(O)OCC[N+](C)(C)C. The Balaban J connectivity index is 4.00. The Morgan fingerprint density at radius 2 is 0.731 bits per heavy atom. The van der Waals surface area contributed by atoms with Crippen molar-refractivity contribution in [3.63, 3.8) is 0 Å². The van der Waals surface area contributed by atoms with Crippen molar-refractivity contribution in [3.05, 3.63) is 72.9 Å². The molecule has 0 fully saturated rings. The second-order valence-electron chi connectivity index (χ2n) is 23.1. The van der Waals surface area contributed by atoms with Crippen molar-refractivity contribution in [2.24, 2.45) is 0 Å². The van der Waals surface area contributed by atoms with Crippen LogP contribution in [-0.2, 0) is 32.7 Å². The van der Waals surface area contributed by atoms with Gasteiger partial charge in [-0.25, -0.2) is 4.57 Å². The summed E-state index contributed by atoms with van der Waals surface area (Å²) < 4.78 is 34.6. The van der Waals surface area contributed by atoms with Crippen LogP contribution in [-0.4, -0.2) is 74.9 Å². The van der Waals surface area contributed by atoms with Gasteiger partial charge in [-0.15, -0.1) is 0 Å². The second kappa shape index (κ2) is 59.1. The number of ether oxygens (including phenoxy) is 2.